The number of methoxy groups -OCH3 is 1. The molecule has 0 fully saturated rings. The number of ether oxygens (including phenoxy) is 1. The van der Waals surface area contributed by atoms with Crippen LogP contribution in [0.15, 0.2) is 12.1 Å². The molecule has 0 spiro atoms. The average molecular weight is 237 g/mol. The van der Waals surface area contributed by atoms with Crippen LogP contribution in [0.2, 0.25) is 0 Å². The summed E-state index contributed by atoms with van der Waals surface area (Å²) < 4.78 is 5.35. The molecule has 4 N–H and O–H groups in total. The maximum Gasteiger partial charge on any atom is 0.124 e. The Bertz CT molecular complexity index is 356. The van der Waals surface area contributed by atoms with Crippen molar-refractivity contribution < 1.29 is 4.74 Å². The van der Waals surface area contributed by atoms with E-state index in [0.717, 1.165) is 29.1 Å². The van der Waals surface area contributed by atoms with E-state index in [-0.39, 0.29) is 6.04 Å². The number of benzene rings is 1. The van der Waals surface area contributed by atoms with Crippen molar-refractivity contribution in [1.82, 2.24) is 0 Å². The highest BCUT2D eigenvalue weighted by atomic mass is 16.5. The predicted molar refractivity (Wildman–Crippen MR) is 72.8 cm³/mol. The lowest BCUT2D eigenvalue weighted by molar-refractivity contribution is 0.408. The van der Waals surface area contributed by atoms with Crippen molar-refractivity contribution in [2.24, 2.45) is 11.5 Å². The standard InChI is InChI=1S/C13H23N3O/c1-9-5-12(6-10(2)13(9)17-4)16(3)8-11(15)7-14/h5-6,11H,7-8,14-15H2,1-4H3. The van der Waals surface area contributed by atoms with Crippen molar-refractivity contribution in [3.8, 4) is 5.75 Å². The highest BCUT2D eigenvalue weighted by molar-refractivity contribution is 5.56. The van der Waals surface area contributed by atoms with Crippen molar-refractivity contribution in [2.45, 2.75) is 19.9 Å². The molecule has 0 saturated carbocycles. The fourth-order valence-electron chi connectivity index (χ4n) is 2.00. The van der Waals surface area contributed by atoms with E-state index in [0.29, 0.717) is 6.54 Å². The first kappa shape index (κ1) is 13.8. The molecule has 4 heteroatoms. The summed E-state index contributed by atoms with van der Waals surface area (Å²) in [6.07, 6.45) is 0. The first-order valence-electron chi connectivity index (χ1n) is 5.81. The van der Waals surface area contributed by atoms with Gasteiger partial charge in [-0.25, -0.2) is 0 Å². The molecule has 4 nitrogen and oxygen atoms in total. The first-order valence-corrected chi connectivity index (χ1v) is 5.81. The number of nitrogens with zero attached hydrogens (tertiary/aromatic N) is 1. The molecule has 0 saturated heterocycles. The van der Waals surface area contributed by atoms with Crippen molar-refractivity contribution in [2.75, 3.05) is 32.1 Å². The number of hydrogen-bond donors (Lipinski definition) is 2. The second kappa shape index (κ2) is 5.89. The van der Waals surface area contributed by atoms with Crippen LogP contribution in [0.3, 0.4) is 0 Å². The summed E-state index contributed by atoms with van der Waals surface area (Å²) in [6, 6.07) is 4.21. The summed E-state index contributed by atoms with van der Waals surface area (Å²) in [5, 5.41) is 0. The lowest BCUT2D eigenvalue weighted by atomic mass is 10.1. The van der Waals surface area contributed by atoms with Gasteiger partial charge in [-0.3, -0.25) is 0 Å². The van der Waals surface area contributed by atoms with Crippen LogP contribution in [0, 0.1) is 13.8 Å². The summed E-state index contributed by atoms with van der Waals surface area (Å²) in [4.78, 5) is 2.12. The number of likely N-dealkylation sites (N-methyl/N-ethyl adjacent to an activating group) is 1. The number of nitrogens with two attached hydrogens (primary N) is 2. The third-order valence-electron chi connectivity index (χ3n) is 2.90. The van der Waals surface area contributed by atoms with E-state index < -0.39 is 0 Å². The van der Waals surface area contributed by atoms with Gasteiger partial charge in [0.1, 0.15) is 5.75 Å². The van der Waals surface area contributed by atoms with Gasteiger partial charge in [0.15, 0.2) is 0 Å². The Hall–Kier alpha value is -1.26. The van der Waals surface area contributed by atoms with E-state index in [9.17, 15) is 0 Å². The fourth-order valence-corrected chi connectivity index (χ4v) is 2.00. The van der Waals surface area contributed by atoms with E-state index in [4.69, 9.17) is 16.2 Å². The van der Waals surface area contributed by atoms with Gasteiger partial charge in [-0.2, -0.15) is 0 Å². The quantitative estimate of drug-likeness (QED) is 0.803. The molecule has 1 aromatic rings. The maximum atomic E-state index is 5.85. The molecule has 0 aliphatic heterocycles. The summed E-state index contributed by atoms with van der Waals surface area (Å²) in [5.74, 6) is 0.949. The molecule has 1 rings (SSSR count). The topological polar surface area (TPSA) is 64.5 Å². The Labute approximate surface area is 104 Å². The summed E-state index contributed by atoms with van der Waals surface area (Å²) >= 11 is 0. The van der Waals surface area contributed by atoms with Crippen LogP contribution in [0.25, 0.3) is 0 Å². The third-order valence-corrected chi connectivity index (χ3v) is 2.90. The highest BCUT2D eigenvalue weighted by Gasteiger charge is 2.10. The molecule has 0 radical (unpaired) electrons. The molecule has 1 aromatic carbocycles. The van der Waals surface area contributed by atoms with Gasteiger partial charge in [0.2, 0.25) is 0 Å². The Morgan fingerprint density at radius 1 is 1.29 bits per heavy atom. The van der Waals surface area contributed by atoms with Crippen molar-refractivity contribution in [1.29, 1.82) is 0 Å². The Kier molecular flexibility index (Phi) is 4.78. The zero-order valence-corrected chi connectivity index (χ0v) is 11.2. The molecule has 96 valence electrons. The largest absolute Gasteiger partial charge is 0.496 e. The molecular formula is C13H23N3O. The molecule has 1 unspecified atom stereocenters. The minimum absolute atomic E-state index is 0.00251. The molecule has 0 bridgehead atoms. The van der Waals surface area contributed by atoms with E-state index in [1.165, 1.54) is 0 Å². The Morgan fingerprint density at radius 2 is 1.82 bits per heavy atom. The lowest BCUT2D eigenvalue weighted by Crippen LogP contribution is -2.40. The third kappa shape index (κ3) is 3.35. The van der Waals surface area contributed by atoms with E-state index in [1.54, 1.807) is 7.11 Å². The van der Waals surface area contributed by atoms with Crippen LogP contribution in [-0.2, 0) is 0 Å². The zero-order chi connectivity index (χ0) is 13.0. The van der Waals surface area contributed by atoms with Crippen LogP contribution in [0.4, 0.5) is 5.69 Å². The van der Waals surface area contributed by atoms with Gasteiger partial charge in [-0.05, 0) is 37.1 Å². The average Bonchev–Trinajstić information content (AvgIpc) is 2.28. The molecule has 0 aliphatic rings. The first-order chi connectivity index (χ1) is 7.99. The van der Waals surface area contributed by atoms with Gasteiger partial charge in [0.05, 0.1) is 7.11 Å². The number of rotatable bonds is 5. The van der Waals surface area contributed by atoms with Crippen molar-refractivity contribution in [3.63, 3.8) is 0 Å². The normalized spacial score (nSPS) is 12.4. The molecule has 1 atom stereocenters. The smallest absolute Gasteiger partial charge is 0.124 e. The predicted octanol–water partition coefficient (Wildman–Crippen LogP) is 1.03. The second-order valence-corrected chi connectivity index (χ2v) is 4.49. The van der Waals surface area contributed by atoms with Crippen molar-refractivity contribution in [3.05, 3.63) is 23.3 Å². The maximum absolute atomic E-state index is 5.85. The van der Waals surface area contributed by atoms with Crippen LogP contribution in [0.5, 0.6) is 5.75 Å². The molecule has 0 aliphatic carbocycles. The summed E-state index contributed by atoms with van der Waals surface area (Å²) in [5.41, 5.74) is 14.8. The van der Waals surface area contributed by atoms with Crippen LogP contribution in [0.1, 0.15) is 11.1 Å². The van der Waals surface area contributed by atoms with Gasteiger partial charge in [0.25, 0.3) is 0 Å². The minimum atomic E-state index is 0.00251. The van der Waals surface area contributed by atoms with E-state index in [2.05, 4.69) is 17.0 Å². The van der Waals surface area contributed by atoms with Gasteiger partial charge in [-0.15, -0.1) is 0 Å². The second-order valence-electron chi connectivity index (χ2n) is 4.49. The van der Waals surface area contributed by atoms with Crippen LogP contribution >= 0.6 is 0 Å². The minimum Gasteiger partial charge on any atom is -0.496 e. The number of anilines is 1. The summed E-state index contributed by atoms with van der Waals surface area (Å²) in [7, 11) is 3.72. The molecule has 0 heterocycles. The highest BCUT2D eigenvalue weighted by Crippen LogP contribution is 2.28. The van der Waals surface area contributed by atoms with Crippen LogP contribution in [-0.4, -0.2) is 33.3 Å². The van der Waals surface area contributed by atoms with Gasteiger partial charge in [-0.1, -0.05) is 0 Å². The van der Waals surface area contributed by atoms with Crippen molar-refractivity contribution >= 4 is 5.69 Å². The van der Waals surface area contributed by atoms with Gasteiger partial charge >= 0.3 is 0 Å². The Morgan fingerprint density at radius 3 is 2.24 bits per heavy atom. The molecule has 0 aromatic heterocycles. The van der Waals surface area contributed by atoms with E-state index >= 15 is 0 Å². The van der Waals surface area contributed by atoms with Gasteiger partial charge in [0, 0.05) is 31.9 Å². The SMILES string of the molecule is COc1c(C)cc(N(C)CC(N)CN)cc1C. The summed E-state index contributed by atoms with van der Waals surface area (Å²) in [6.45, 7) is 5.35. The molecule has 17 heavy (non-hydrogen) atoms. The van der Waals surface area contributed by atoms with Gasteiger partial charge < -0.3 is 21.1 Å². The molecular weight excluding hydrogens is 214 g/mol. The number of aryl methyl sites for hydroxylation is 2. The van der Waals surface area contributed by atoms with Crippen LogP contribution < -0.4 is 21.1 Å². The fraction of sp³-hybridized carbons (Fsp3) is 0.538. The monoisotopic (exact) mass is 237 g/mol. The number of hydrogen-bond acceptors (Lipinski definition) is 4. The van der Waals surface area contributed by atoms with E-state index in [1.807, 2.05) is 20.9 Å². The molecule has 0 amide bonds. The zero-order valence-electron chi connectivity index (χ0n) is 11.2. The Balaban J connectivity index is 2.92. The lowest BCUT2D eigenvalue weighted by Gasteiger charge is -2.24.